The highest BCUT2D eigenvalue weighted by molar-refractivity contribution is 5.75. The molecule has 0 aliphatic rings. The van der Waals surface area contributed by atoms with Gasteiger partial charge in [0.2, 0.25) is 0 Å². The summed E-state index contributed by atoms with van der Waals surface area (Å²) in [5, 5.41) is 0. The highest BCUT2D eigenvalue weighted by Crippen LogP contribution is 2.45. The van der Waals surface area contributed by atoms with Crippen molar-refractivity contribution in [3.8, 4) is 11.1 Å². The van der Waals surface area contributed by atoms with E-state index in [0.717, 1.165) is 12.1 Å². The molecular weight excluding hydrogens is 419 g/mol. The Bertz CT molecular complexity index is 904. The zero-order valence-corrected chi connectivity index (χ0v) is 15.9. The number of rotatable bonds is 5. The van der Waals surface area contributed by atoms with Gasteiger partial charge in [0.25, 0.3) is 0 Å². The number of ether oxygens (including phenoxy) is 1. The van der Waals surface area contributed by atoms with Gasteiger partial charge in [-0.3, -0.25) is 4.79 Å². The van der Waals surface area contributed by atoms with Crippen LogP contribution >= 0.6 is 0 Å². The summed E-state index contributed by atoms with van der Waals surface area (Å²) in [4.78, 5) is 11.6. The second-order valence-corrected chi connectivity index (χ2v) is 6.54. The van der Waals surface area contributed by atoms with E-state index in [1.807, 2.05) is 0 Å². The van der Waals surface area contributed by atoms with Crippen molar-refractivity contribution in [1.82, 2.24) is 0 Å². The van der Waals surface area contributed by atoms with E-state index in [-0.39, 0.29) is 17.7 Å². The molecule has 0 fully saturated rings. The van der Waals surface area contributed by atoms with E-state index in [4.69, 9.17) is 10.5 Å². The Balaban J connectivity index is 2.74. The molecule has 0 aromatic heterocycles. The number of alkyl halides is 6. The monoisotopic (exact) mass is 437 g/mol. The second-order valence-electron chi connectivity index (χ2n) is 6.54. The van der Waals surface area contributed by atoms with E-state index in [0.29, 0.717) is 18.2 Å². The Morgan fingerprint density at radius 1 is 1.07 bits per heavy atom. The smallest absolute Gasteiger partial charge is 0.417 e. The summed E-state index contributed by atoms with van der Waals surface area (Å²) in [5.41, 5.74) is 0.518. The molecule has 2 aromatic rings. The molecule has 164 valence electrons. The number of hydrogen-bond acceptors (Lipinski definition) is 3. The molecule has 0 saturated heterocycles. The first-order valence-electron chi connectivity index (χ1n) is 8.76. The molecule has 2 aromatic carbocycles. The third-order valence-electron chi connectivity index (χ3n) is 4.34. The van der Waals surface area contributed by atoms with Crippen LogP contribution in [0.4, 0.5) is 30.7 Å². The summed E-state index contributed by atoms with van der Waals surface area (Å²) in [6.45, 7) is 2.74. The van der Waals surface area contributed by atoms with Gasteiger partial charge in [0.05, 0.1) is 24.2 Å². The lowest BCUT2D eigenvalue weighted by atomic mass is 9.89. The summed E-state index contributed by atoms with van der Waals surface area (Å²) >= 11 is 0. The molecule has 0 saturated carbocycles. The van der Waals surface area contributed by atoms with Gasteiger partial charge in [-0.25, -0.2) is 4.39 Å². The minimum atomic E-state index is -5.09. The predicted molar refractivity (Wildman–Crippen MR) is 94.8 cm³/mol. The lowest BCUT2D eigenvalue weighted by Crippen LogP contribution is -2.19. The summed E-state index contributed by atoms with van der Waals surface area (Å²) in [7, 11) is 0. The van der Waals surface area contributed by atoms with Crippen LogP contribution in [-0.2, 0) is 21.9 Å². The predicted octanol–water partition coefficient (Wildman–Crippen LogP) is 5.79. The second kappa shape index (κ2) is 8.63. The lowest BCUT2D eigenvalue weighted by Gasteiger charge is -2.21. The van der Waals surface area contributed by atoms with Crippen LogP contribution in [0.25, 0.3) is 11.1 Å². The molecule has 0 heterocycles. The molecule has 0 bridgehead atoms. The zero-order valence-electron chi connectivity index (χ0n) is 15.9. The largest absolute Gasteiger partial charge is 0.466 e. The standard InChI is InChI=1S/C20H18F7NO2/c1-3-30-16(29)9-15(28)12-8-11(7-10(2)18(12)21)17-13(19(22,23)24)5-4-6-14(17)20(25,26)27/h4-8,15H,3,9,28H2,1-2H3. The molecular formula is C20H18F7NO2. The zero-order chi connectivity index (χ0) is 22.9. The van der Waals surface area contributed by atoms with Gasteiger partial charge >= 0.3 is 18.3 Å². The van der Waals surface area contributed by atoms with Gasteiger partial charge in [-0.1, -0.05) is 6.07 Å². The Morgan fingerprint density at radius 2 is 1.60 bits per heavy atom. The SMILES string of the molecule is CCOC(=O)CC(N)c1cc(-c2c(C(F)(F)F)cccc2C(F)(F)F)cc(C)c1F. The number of carbonyl (C=O) groups excluding carboxylic acids is 1. The highest BCUT2D eigenvalue weighted by atomic mass is 19.4. The average molecular weight is 437 g/mol. The molecule has 1 atom stereocenters. The van der Waals surface area contributed by atoms with E-state index >= 15 is 0 Å². The number of halogens is 7. The maximum absolute atomic E-state index is 14.6. The first kappa shape index (κ1) is 23.7. The van der Waals surface area contributed by atoms with Gasteiger partial charge in [-0.15, -0.1) is 0 Å². The third-order valence-corrected chi connectivity index (χ3v) is 4.34. The van der Waals surface area contributed by atoms with E-state index in [1.165, 1.54) is 13.8 Å². The van der Waals surface area contributed by atoms with Gasteiger partial charge in [0, 0.05) is 17.2 Å². The lowest BCUT2D eigenvalue weighted by molar-refractivity contribution is -0.144. The number of nitrogens with two attached hydrogens (primary N) is 1. The maximum atomic E-state index is 14.6. The van der Waals surface area contributed by atoms with E-state index < -0.39 is 58.9 Å². The number of benzene rings is 2. The number of aryl methyl sites for hydroxylation is 1. The summed E-state index contributed by atoms with van der Waals surface area (Å²) in [6, 6.07) is 2.05. The fourth-order valence-corrected chi connectivity index (χ4v) is 3.06. The molecule has 0 aliphatic carbocycles. The van der Waals surface area contributed by atoms with E-state index in [9.17, 15) is 35.5 Å². The van der Waals surface area contributed by atoms with Crippen molar-refractivity contribution < 1.29 is 40.3 Å². The van der Waals surface area contributed by atoms with Crippen molar-refractivity contribution in [3.63, 3.8) is 0 Å². The summed E-state index contributed by atoms with van der Waals surface area (Å²) in [6.07, 6.45) is -10.7. The van der Waals surface area contributed by atoms with Crippen LogP contribution in [0.15, 0.2) is 30.3 Å². The molecule has 2 rings (SSSR count). The van der Waals surface area contributed by atoms with Crippen molar-refractivity contribution in [3.05, 3.63) is 58.4 Å². The maximum Gasteiger partial charge on any atom is 0.417 e. The van der Waals surface area contributed by atoms with Crippen LogP contribution < -0.4 is 5.73 Å². The van der Waals surface area contributed by atoms with Gasteiger partial charge in [0.1, 0.15) is 5.82 Å². The first-order chi connectivity index (χ1) is 13.8. The first-order valence-corrected chi connectivity index (χ1v) is 8.76. The average Bonchev–Trinajstić information content (AvgIpc) is 2.61. The van der Waals surface area contributed by atoms with Crippen molar-refractivity contribution >= 4 is 5.97 Å². The van der Waals surface area contributed by atoms with E-state index in [2.05, 4.69) is 0 Å². The van der Waals surface area contributed by atoms with E-state index in [1.54, 1.807) is 0 Å². The molecule has 0 spiro atoms. The normalized spacial score (nSPS) is 13.3. The Labute approximate surface area is 167 Å². The number of carbonyl (C=O) groups is 1. The van der Waals surface area contributed by atoms with Crippen molar-refractivity contribution in [2.75, 3.05) is 6.61 Å². The van der Waals surface area contributed by atoms with Crippen LogP contribution in [0.5, 0.6) is 0 Å². The van der Waals surface area contributed by atoms with Crippen LogP contribution in [0.3, 0.4) is 0 Å². The summed E-state index contributed by atoms with van der Waals surface area (Å²) in [5.74, 6) is -1.70. The quantitative estimate of drug-likeness (QED) is 0.476. The minimum Gasteiger partial charge on any atom is -0.466 e. The van der Waals surface area contributed by atoms with Crippen LogP contribution in [0.1, 0.15) is 41.6 Å². The fraction of sp³-hybridized carbons (Fsp3) is 0.350. The molecule has 3 nitrogen and oxygen atoms in total. The molecule has 2 N–H and O–H groups in total. The van der Waals surface area contributed by atoms with Crippen LogP contribution in [0, 0.1) is 12.7 Å². The Morgan fingerprint density at radius 3 is 2.07 bits per heavy atom. The fourth-order valence-electron chi connectivity index (χ4n) is 3.06. The molecule has 0 aliphatic heterocycles. The number of hydrogen-bond donors (Lipinski definition) is 1. The molecule has 0 amide bonds. The van der Waals surface area contributed by atoms with Gasteiger partial charge < -0.3 is 10.5 Å². The van der Waals surface area contributed by atoms with Gasteiger partial charge in [-0.2, -0.15) is 26.3 Å². The van der Waals surface area contributed by atoms with Crippen molar-refractivity contribution in [2.45, 2.75) is 38.7 Å². The van der Waals surface area contributed by atoms with Gasteiger partial charge in [0.15, 0.2) is 0 Å². The topological polar surface area (TPSA) is 52.3 Å². The third kappa shape index (κ3) is 5.10. The van der Waals surface area contributed by atoms with Crippen LogP contribution in [0.2, 0.25) is 0 Å². The highest BCUT2D eigenvalue weighted by Gasteiger charge is 2.41. The van der Waals surface area contributed by atoms with Crippen LogP contribution in [-0.4, -0.2) is 12.6 Å². The molecule has 10 heteroatoms. The molecule has 30 heavy (non-hydrogen) atoms. The summed E-state index contributed by atoms with van der Waals surface area (Å²) < 4.78 is 100. The van der Waals surface area contributed by atoms with Crippen molar-refractivity contribution in [1.29, 1.82) is 0 Å². The molecule has 0 radical (unpaired) electrons. The minimum absolute atomic E-state index is 0.0288. The Kier molecular flexibility index (Phi) is 6.80. The van der Waals surface area contributed by atoms with Crippen molar-refractivity contribution in [2.24, 2.45) is 5.73 Å². The number of esters is 1. The molecule has 1 unspecified atom stereocenters. The van der Waals surface area contributed by atoms with Gasteiger partial charge in [-0.05, 0) is 49.2 Å². The Hall–Kier alpha value is -2.62.